The molecule has 1 aromatic heterocycles. The summed E-state index contributed by atoms with van der Waals surface area (Å²) >= 11 is 0. The number of nitrogens with one attached hydrogen (secondary N) is 2. The van der Waals surface area contributed by atoms with Gasteiger partial charge in [0.25, 0.3) is 5.91 Å². The van der Waals surface area contributed by atoms with Crippen molar-refractivity contribution in [2.24, 2.45) is 17.4 Å². The minimum absolute atomic E-state index is 0.127. The third-order valence-corrected chi connectivity index (χ3v) is 7.03. The zero-order valence-electron chi connectivity index (χ0n) is 22.3. The van der Waals surface area contributed by atoms with E-state index < -0.39 is 41.2 Å². The Bertz CT molecular complexity index is 1610. The number of aromatic nitrogens is 2. The number of nitrogens with two attached hydrogens (primary N) is 2. The summed E-state index contributed by atoms with van der Waals surface area (Å²) in [6.45, 7) is 0.824. The molecule has 0 radical (unpaired) electrons. The van der Waals surface area contributed by atoms with E-state index in [2.05, 4.69) is 15.7 Å². The van der Waals surface area contributed by atoms with Crippen LogP contribution in [0.2, 0.25) is 0 Å². The Hall–Kier alpha value is -4.55. The maximum Gasteiger partial charge on any atom is 0.435 e. The van der Waals surface area contributed by atoms with Crippen LogP contribution in [-0.2, 0) is 12.7 Å². The van der Waals surface area contributed by atoms with Crippen LogP contribution in [0.4, 0.5) is 23.2 Å². The van der Waals surface area contributed by atoms with Gasteiger partial charge in [0.05, 0.1) is 17.4 Å². The van der Waals surface area contributed by atoms with E-state index in [9.17, 15) is 27.2 Å². The molecule has 3 aromatic carbocycles. The van der Waals surface area contributed by atoms with Crippen molar-refractivity contribution in [3.8, 4) is 5.69 Å². The Morgan fingerprint density at radius 2 is 1.71 bits per heavy atom. The summed E-state index contributed by atoms with van der Waals surface area (Å²) in [6.07, 6.45) is -2.64. The van der Waals surface area contributed by atoms with Crippen molar-refractivity contribution in [3.05, 3.63) is 112 Å². The molecule has 0 bridgehead atoms. The van der Waals surface area contributed by atoms with Crippen LogP contribution in [0.15, 0.2) is 72.8 Å². The van der Waals surface area contributed by atoms with Crippen molar-refractivity contribution < 1.29 is 27.2 Å². The highest BCUT2D eigenvalue weighted by Crippen LogP contribution is 2.33. The first-order chi connectivity index (χ1) is 20.0. The van der Waals surface area contributed by atoms with Crippen LogP contribution in [0.3, 0.4) is 0 Å². The van der Waals surface area contributed by atoms with Gasteiger partial charge in [0.2, 0.25) is 5.91 Å². The fourth-order valence-corrected chi connectivity index (χ4v) is 4.57. The van der Waals surface area contributed by atoms with Gasteiger partial charge in [-0.05, 0) is 78.4 Å². The van der Waals surface area contributed by atoms with Gasteiger partial charge in [0.15, 0.2) is 5.69 Å². The second kappa shape index (κ2) is 11.7. The molecular weight excluding hydrogens is 552 g/mol. The zero-order valence-corrected chi connectivity index (χ0v) is 22.3. The molecular formula is C30H28F4N6O2. The lowest BCUT2D eigenvalue weighted by atomic mass is 9.96. The van der Waals surface area contributed by atoms with Crippen LogP contribution >= 0.6 is 0 Å². The minimum Gasteiger partial charge on any atom is -0.366 e. The summed E-state index contributed by atoms with van der Waals surface area (Å²) in [6, 6.07) is 17.3. The molecule has 8 nitrogen and oxygen atoms in total. The molecule has 1 unspecified atom stereocenters. The molecule has 1 saturated carbocycles. The summed E-state index contributed by atoms with van der Waals surface area (Å²) in [5, 5.41) is 9.49. The highest BCUT2D eigenvalue weighted by Gasteiger charge is 2.36. The lowest BCUT2D eigenvalue weighted by Gasteiger charge is -2.21. The Labute approximate surface area is 238 Å². The molecule has 5 rings (SSSR count). The zero-order chi connectivity index (χ0) is 30.0. The number of rotatable bonds is 10. The molecule has 1 fully saturated rings. The second-order valence-electron chi connectivity index (χ2n) is 10.2. The number of halogens is 4. The number of hydrogen-bond acceptors (Lipinski definition) is 5. The van der Waals surface area contributed by atoms with Crippen molar-refractivity contribution in [1.82, 2.24) is 15.1 Å². The molecule has 1 heterocycles. The van der Waals surface area contributed by atoms with E-state index in [1.54, 1.807) is 42.5 Å². The second-order valence-corrected chi connectivity index (χ2v) is 10.2. The number of benzene rings is 3. The average molecular weight is 581 g/mol. The number of carbonyl (C=O) groups excluding carboxylic acids is 2. The van der Waals surface area contributed by atoms with E-state index in [0.717, 1.165) is 23.1 Å². The van der Waals surface area contributed by atoms with E-state index in [4.69, 9.17) is 11.5 Å². The molecule has 2 amide bonds. The summed E-state index contributed by atoms with van der Waals surface area (Å²) < 4.78 is 56.6. The average Bonchev–Trinajstić information content (AvgIpc) is 3.68. The molecule has 0 aliphatic heterocycles. The lowest BCUT2D eigenvalue weighted by molar-refractivity contribution is -0.141. The number of alkyl halides is 3. The SMILES string of the molecule is NCc1cccc(-n2nc(C(F)(F)F)cc2C(=O)Nc2cc(C(NCC3CC3)c3ccc(C(N)=O)cc3)ccc2F)c1. The number of carbonyl (C=O) groups is 2. The highest BCUT2D eigenvalue weighted by molar-refractivity contribution is 6.03. The number of primary amides is 1. The smallest absolute Gasteiger partial charge is 0.366 e. The quantitative estimate of drug-likeness (QED) is 0.198. The predicted octanol–water partition coefficient (Wildman–Crippen LogP) is 4.93. The van der Waals surface area contributed by atoms with Gasteiger partial charge in [-0.25, -0.2) is 9.07 Å². The summed E-state index contributed by atoms with van der Waals surface area (Å²) in [5.41, 5.74) is 11.6. The fourth-order valence-electron chi connectivity index (χ4n) is 4.57. The standard InChI is InChI=1S/C30H28F4N6O2/c31-23-11-10-21(27(37-16-17-4-5-17)19-6-8-20(9-7-19)28(36)41)13-24(23)38-29(42)25-14-26(30(32,33)34)39-40(25)22-3-1-2-18(12-22)15-35/h1-3,6-14,17,27,37H,4-5,15-16,35H2,(H2,36,41)(H,38,42). The first-order valence-corrected chi connectivity index (χ1v) is 13.2. The van der Waals surface area contributed by atoms with E-state index in [1.165, 1.54) is 24.3 Å². The first kappa shape index (κ1) is 29.0. The van der Waals surface area contributed by atoms with Gasteiger partial charge in [-0.15, -0.1) is 0 Å². The van der Waals surface area contributed by atoms with Crippen molar-refractivity contribution in [1.29, 1.82) is 0 Å². The van der Waals surface area contributed by atoms with Crippen LogP contribution in [0.25, 0.3) is 5.69 Å². The van der Waals surface area contributed by atoms with Crippen molar-refractivity contribution >= 4 is 17.5 Å². The number of hydrogen-bond donors (Lipinski definition) is 4. The third-order valence-electron chi connectivity index (χ3n) is 7.03. The molecule has 0 spiro atoms. The van der Waals surface area contributed by atoms with Gasteiger partial charge in [-0.1, -0.05) is 30.3 Å². The van der Waals surface area contributed by atoms with Crippen LogP contribution in [0.1, 0.15) is 62.1 Å². The number of amides is 2. The maximum absolute atomic E-state index is 15.0. The largest absolute Gasteiger partial charge is 0.435 e. The molecule has 218 valence electrons. The maximum atomic E-state index is 15.0. The van der Waals surface area contributed by atoms with Crippen molar-refractivity contribution in [2.75, 3.05) is 11.9 Å². The highest BCUT2D eigenvalue weighted by atomic mass is 19.4. The number of anilines is 1. The van der Waals surface area contributed by atoms with Crippen LogP contribution in [0, 0.1) is 11.7 Å². The van der Waals surface area contributed by atoms with Gasteiger partial charge >= 0.3 is 6.18 Å². The van der Waals surface area contributed by atoms with E-state index in [0.29, 0.717) is 35.2 Å². The van der Waals surface area contributed by atoms with Gasteiger partial charge in [0.1, 0.15) is 11.5 Å². The Balaban J connectivity index is 1.48. The van der Waals surface area contributed by atoms with Crippen LogP contribution < -0.4 is 22.1 Å². The molecule has 0 saturated heterocycles. The first-order valence-electron chi connectivity index (χ1n) is 13.2. The third kappa shape index (κ3) is 6.50. The molecule has 42 heavy (non-hydrogen) atoms. The Morgan fingerprint density at radius 3 is 2.36 bits per heavy atom. The van der Waals surface area contributed by atoms with E-state index >= 15 is 0 Å². The molecule has 12 heteroatoms. The van der Waals surface area contributed by atoms with Gasteiger partial charge in [-0.2, -0.15) is 18.3 Å². The minimum atomic E-state index is -4.82. The van der Waals surface area contributed by atoms with Crippen molar-refractivity contribution in [3.63, 3.8) is 0 Å². The van der Waals surface area contributed by atoms with Gasteiger partial charge < -0.3 is 22.1 Å². The summed E-state index contributed by atoms with van der Waals surface area (Å²) in [7, 11) is 0. The Kier molecular flexibility index (Phi) is 8.10. The normalized spacial score (nSPS) is 14.0. The molecule has 1 aliphatic rings. The topological polar surface area (TPSA) is 128 Å². The Morgan fingerprint density at radius 1 is 1.00 bits per heavy atom. The van der Waals surface area contributed by atoms with Crippen molar-refractivity contribution in [2.45, 2.75) is 31.6 Å². The van der Waals surface area contributed by atoms with Crippen LogP contribution in [0.5, 0.6) is 0 Å². The predicted molar refractivity (Wildman–Crippen MR) is 148 cm³/mol. The monoisotopic (exact) mass is 580 g/mol. The molecule has 6 N–H and O–H groups in total. The fraction of sp³-hybridized carbons (Fsp3) is 0.233. The molecule has 1 atom stereocenters. The molecule has 4 aromatic rings. The molecule has 1 aliphatic carbocycles. The van der Waals surface area contributed by atoms with Crippen LogP contribution in [-0.4, -0.2) is 28.1 Å². The summed E-state index contributed by atoms with van der Waals surface area (Å²) in [5.74, 6) is -1.82. The van der Waals surface area contributed by atoms with Gasteiger partial charge in [-0.3, -0.25) is 9.59 Å². The summed E-state index contributed by atoms with van der Waals surface area (Å²) in [4.78, 5) is 24.9. The van der Waals surface area contributed by atoms with E-state index in [-0.39, 0.29) is 17.9 Å². The van der Waals surface area contributed by atoms with Gasteiger partial charge in [0, 0.05) is 18.2 Å². The van der Waals surface area contributed by atoms with E-state index in [1.807, 2.05) is 0 Å². The lowest BCUT2D eigenvalue weighted by Crippen LogP contribution is -2.25. The number of nitrogens with zero attached hydrogens (tertiary/aromatic N) is 2.